The van der Waals surface area contributed by atoms with Gasteiger partial charge in [-0.15, -0.1) is 0 Å². The van der Waals surface area contributed by atoms with Gasteiger partial charge < -0.3 is 19.3 Å². The minimum absolute atomic E-state index is 0.0666. The number of methoxy groups -OCH3 is 1. The molecule has 2 aromatic carbocycles. The molecule has 0 aliphatic carbocycles. The number of carbonyl (C=O) groups excluding carboxylic acids is 3. The molecular formula is C23H28N2O5. The minimum Gasteiger partial charge on any atom is -0.493 e. The number of carbonyl (C=O) groups is 3. The van der Waals surface area contributed by atoms with E-state index in [1.54, 1.807) is 49.3 Å². The van der Waals surface area contributed by atoms with Crippen molar-refractivity contribution in [2.24, 2.45) is 0 Å². The molecular weight excluding hydrogens is 384 g/mol. The largest absolute Gasteiger partial charge is 0.493 e. The van der Waals surface area contributed by atoms with Crippen LogP contribution in [-0.4, -0.2) is 61.8 Å². The summed E-state index contributed by atoms with van der Waals surface area (Å²) < 4.78 is 10.9. The molecule has 0 aromatic heterocycles. The average molecular weight is 412 g/mol. The van der Waals surface area contributed by atoms with Gasteiger partial charge >= 0.3 is 0 Å². The lowest BCUT2D eigenvalue weighted by atomic mass is 10.1. The highest BCUT2D eigenvalue weighted by atomic mass is 16.5. The van der Waals surface area contributed by atoms with Crippen molar-refractivity contribution in [2.45, 2.75) is 20.4 Å². The zero-order valence-corrected chi connectivity index (χ0v) is 18.1. The normalized spacial score (nSPS) is 10.3. The molecule has 0 fully saturated rings. The van der Waals surface area contributed by atoms with E-state index >= 15 is 0 Å². The molecule has 0 unspecified atom stereocenters. The van der Waals surface area contributed by atoms with Crippen LogP contribution in [0.2, 0.25) is 0 Å². The summed E-state index contributed by atoms with van der Waals surface area (Å²) in [4.78, 5) is 39.3. The maximum absolute atomic E-state index is 12.6. The molecule has 160 valence electrons. The van der Waals surface area contributed by atoms with Gasteiger partial charge in [-0.05, 0) is 49.7 Å². The third-order valence-electron chi connectivity index (χ3n) is 4.64. The number of ether oxygens (including phenoxy) is 2. The van der Waals surface area contributed by atoms with Gasteiger partial charge in [0.1, 0.15) is 0 Å². The Morgan fingerprint density at radius 2 is 1.57 bits per heavy atom. The Labute approximate surface area is 177 Å². The van der Waals surface area contributed by atoms with Crippen LogP contribution in [0.4, 0.5) is 0 Å². The van der Waals surface area contributed by atoms with E-state index in [9.17, 15) is 14.4 Å². The first-order valence-corrected chi connectivity index (χ1v) is 9.67. The first-order chi connectivity index (χ1) is 14.3. The number of amides is 2. The molecule has 2 aromatic rings. The Bertz CT molecular complexity index is 906. The lowest BCUT2D eigenvalue weighted by molar-refractivity contribution is -0.133. The highest BCUT2D eigenvalue weighted by Crippen LogP contribution is 2.28. The van der Waals surface area contributed by atoms with Crippen LogP contribution >= 0.6 is 0 Å². The van der Waals surface area contributed by atoms with Crippen LogP contribution in [0.1, 0.15) is 40.1 Å². The SMILES string of the molecule is CCN(Cc1ccc(C(=O)N(C)C)cc1)C(=O)COc1ccc(C(C)=O)cc1OC. The smallest absolute Gasteiger partial charge is 0.260 e. The number of nitrogens with zero attached hydrogens (tertiary/aromatic N) is 2. The summed E-state index contributed by atoms with van der Waals surface area (Å²) in [5.41, 5.74) is 2.03. The predicted octanol–water partition coefficient (Wildman–Crippen LogP) is 3.03. The highest BCUT2D eigenvalue weighted by molar-refractivity contribution is 5.95. The summed E-state index contributed by atoms with van der Waals surface area (Å²) in [7, 11) is 4.89. The molecule has 0 spiro atoms. The van der Waals surface area contributed by atoms with Gasteiger partial charge in [0.15, 0.2) is 23.9 Å². The molecule has 30 heavy (non-hydrogen) atoms. The number of Topliss-reactive ketones (excluding diaryl/α,β-unsaturated/α-hetero) is 1. The third kappa shape index (κ3) is 5.83. The Morgan fingerprint density at radius 3 is 2.10 bits per heavy atom. The van der Waals surface area contributed by atoms with E-state index in [1.165, 1.54) is 18.9 Å². The number of likely N-dealkylation sites (N-methyl/N-ethyl adjacent to an activating group) is 1. The van der Waals surface area contributed by atoms with Gasteiger partial charge in [0.05, 0.1) is 7.11 Å². The fourth-order valence-electron chi connectivity index (χ4n) is 2.84. The fraction of sp³-hybridized carbons (Fsp3) is 0.348. The van der Waals surface area contributed by atoms with Crippen molar-refractivity contribution in [1.82, 2.24) is 9.80 Å². The molecule has 7 heteroatoms. The van der Waals surface area contributed by atoms with E-state index in [4.69, 9.17) is 9.47 Å². The quantitative estimate of drug-likeness (QED) is 0.592. The van der Waals surface area contributed by atoms with Gasteiger partial charge in [-0.2, -0.15) is 0 Å². The van der Waals surface area contributed by atoms with Gasteiger partial charge in [0, 0.05) is 38.3 Å². The molecule has 0 heterocycles. The lowest BCUT2D eigenvalue weighted by Gasteiger charge is -2.22. The summed E-state index contributed by atoms with van der Waals surface area (Å²) in [6.07, 6.45) is 0. The maximum Gasteiger partial charge on any atom is 0.260 e. The van der Waals surface area contributed by atoms with E-state index in [0.29, 0.717) is 35.7 Å². The minimum atomic E-state index is -0.177. The number of hydrogen-bond donors (Lipinski definition) is 0. The Hall–Kier alpha value is -3.35. The van der Waals surface area contributed by atoms with Crippen LogP contribution in [0, 0.1) is 0 Å². The first kappa shape index (κ1) is 22.9. The summed E-state index contributed by atoms with van der Waals surface area (Å²) in [5, 5.41) is 0. The average Bonchev–Trinajstić information content (AvgIpc) is 2.75. The lowest BCUT2D eigenvalue weighted by Crippen LogP contribution is -2.34. The predicted molar refractivity (Wildman–Crippen MR) is 114 cm³/mol. The van der Waals surface area contributed by atoms with Crippen molar-refractivity contribution in [3.05, 3.63) is 59.2 Å². The molecule has 0 radical (unpaired) electrons. The summed E-state index contributed by atoms with van der Waals surface area (Å²) >= 11 is 0. The molecule has 0 saturated heterocycles. The zero-order valence-electron chi connectivity index (χ0n) is 18.1. The second kappa shape index (κ2) is 10.4. The summed E-state index contributed by atoms with van der Waals surface area (Å²) in [6, 6.07) is 12.1. The van der Waals surface area contributed by atoms with Crippen molar-refractivity contribution < 1.29 is 23.9 Å². The van der Waals surface area contributed by atoms with Gasteiger partial charge in [0.2, 0.25) is 0 Å². The van der Waals surface area contributed by atoms with Crippen molar-refractivity contribution in [2.75, 3.05) is 34.4 Å². The van der Waals surface area contributed by atoms with Gasteiger partial charge in [-0.25, -0.2) is 0 Å². The van der Waals surface area contributed by atoms with Crippen LogP contribution in [0.5, 0.6) is 11.5 Å². The third-order valence-corrected chi connectivity index (χ3v) is 4.64. The topological polar surface area (TPSA) is 76.2 Å². The standard InChI is InChI=1S/C23H28N2O5/c1-6-25(14-17-7-9-18(10-8-17)23(28)24(3)4)22(27)15-30-20-12-11-19(16(2)26)13-21(20)29-5/h7-13H,6,14-15H2,1-5H3. The number of hydrogen-bond acceptors (Lipinski definition) is 5. The Morgan fingerprint density at radius 1 is 0.933 bits per heavy atom. The van der Waals surface area contributed by atoms with Crippen molar-refractivity contribution in [3.63, 3.8) is 0 Å². The molecule has 0 aliphatic rings. The van der Waals surface area contributed by atoms with E-state index in [0.717, 1.165) is 5.56 Å². The van der Waals surface area contributed by atoms with Crippen molar-refractivity contribution in [1.29, 1.82) is 0 Å². The Balaban J connectivity index is 2.01. The monoisotopic (exact) mass is 412 g/mol. The van der Waals surface area contributed by atoms with Crippen LogP contribution in [0.25, 0.3) is 0 Å². The van der Waals surface area contributed by atoms with Gasteiger partial charge in [0.25, 0.3) is 11.8 Å². The van der Waals surface area contributed by atoms with Crippen LogP contribution in [-0.2, 0) is 11.3 Å². The van der Waals surface area contributed by atoms with Crippen LogP contribution in [0.3, 0.4) is 0 Å². The molecule has 0 aliphatic heterocycles. The van der Waals surface area contributed by atoms with E-state index < -0.39 is 0 Å². The molecule has 7 nitrogen and oxygen atoms in total. The van der Waals surface area contributed by atoms with Crippen molar-refractivity contribution in [3.8, 4) is 11.5 Å². The number of rotatable bonds is 9. The maximum atomic E-state index is 12.6. The second-order valence-corrected chi connectivity index (χ2v) is 7.01. The molecule has 2 rings (SSSR count). The van der Waals surface area contributed by atoms with Crippen LogP contribution in [0.15, 0.2) is 42.5 Å². The molecule has 0 saturated carbocycles. The second-order valence-electron chi connectivity index (χ2n) is 7.01. The number of ketones is 1. The number of benzene rings is 2. The molecule has 0 atom stereocenters. The first-order valence-electron chi connectivity index (χ1n) is 9.67. The molecule has 2 amide bonds. The van der Waals surface area contributed by atoms with Crippen molar-refractivity contribution >= 4 is 17.6 Å². The molecule has 0 N–H and O–H groups in total. The van der Waals surface area contributed by atoms with Gasteiger partial charge in [-0.1, -0.05) is 12.1 Å². The van der Waals surface area contributed by atoms with E-state index in [1.807, 2.05) is 19.1 Å². The zero-order chi connectivity index (χ0) is 22.3. The van der Waals surface area contributed by atoms with E-state index in [-0.39, 0.29) is 24.2 Å². The Kier molecular flexibility index (Phi) is 7.98. The summed E-state index contributed by atoms with van der Waals surface area (Å²) in [6.45, 7) is 4.14. The van der Waals surface area contributed by atoms with E-state index in [2.05, 4.69) is 0 Å². The fourth-order valence-corrected chi connectivity index (χ4v) is 2.84. The summed E-state index contributed by atoms with van der Waals surface area (Å²) in [5.74, 6) is 0.483. The van der Waals surface area contributed by atoms with Crippen LogP contribution < -0.4 is 9.47 Å². The molecule has 0 bridgehead atoms. The van der Waals surface area contributed by atoms with Gasteiger partial charge in [-0.3, -0.25) is 14.4 Å². The highest BCUT2D eigenvalue weighted by Gasteiger charge is 2.16.